The molecular weight excluding hydrogens is 361 g/mol. The van der Waals surface area contributed by atoms with Crippen molar-refractivity contribution in [2.45, 2.75) is 20.0 Å². The van der Waals surface area contributed by atoms with Crippen LogP contribution in [0.5, 0.6) is 0 Å². The number of rotatable bonds is 2. The van der Waals surface area contributed by atoms with Gasteiger partial charge in [0.05, 0.1) is 10.0 Å². The average Bonchev–Trinajstić information content (AvgIpc) is 2.85. The van der Waals surface area contributed by atoms with Crippen LogP contribution in [0.1, 0.15) is 27.6 Å². The maximum Gasteiger partial charge on any atom is 0.434 e. The molecule has 0 unspecified atom stereocenters. The molecule has 4 nitrogen and oxygen atoms in total. The summed E-state index contributed by atoms with van der Waals surface area (Å²) in [5.74, 6) is 0.316. The van der Waals surface area contributed by atoms with Gasteiger partial charge in [-0.1, -0.05) is 0 Å². The third-order valence-electron chi connectivity index (χ3n) is 2.43. The summed E-state index contributed by atoms with van der Waals surface area (Å²) in [5, 5.41) is 3.05. The van der Waals surface area contributed by atoms with Crippen LogP contribution in [0, 0.1) is 13.8 Å². The van der Waals surface area contributed by atoms with Gasteiger partial charge in [-0.25, -0.2) is 4.98 Å². The van der Waals surface area contributed by atoms with Crippen LogP contribution >= 0.6 is 27.3 Å². The van der Waals surface area contributed by atoms with Gasteiger partial charge >= 0.3 is 6.18 Å². The van der Waals surface area contributed by atoms with Crippen molar-refractivity contribution in [3.8, 4) is 0 Å². The summed E-state index contributed by atoms with van der Waals surface area (Å²) in [5.41, 5.74) is -0.789. The van der Waals surface area contributed by atoms with Gasteiger partial charge in [0.2, 0.25) is 0 Å². The zero-order chi connectivity index (χ0) is 15.1. The molecule has 0 saturated heterocycles. The second kappa shape index (κ2) is 5.21. The predicted octanol–water partition coefficient (Wildman–Crippen LogP) is 4.39. The second-order valence-corrected chi connectivity index (χ2v) is 5.54. The van der Waals surface area contributed by atoms with E-state index in [2.05, 4.69) is 26.2 Å². The summed E-state index contributed by atoms with van der Waals surface area (Å²) >= 11 is 3.91. The summed E-state index contributed by atoms with van der Waals surface area (Å²) in [7, 11) is 0. The first kappa shape index (κ1) is 15.0. The van der Waals surface area contributed by atoms with Crippen molar-refractivity contribution in [2.24, 2.45) is 0 Å². The molecule has 2 aromatic heterocycles. The van der Waals surface area contributed by atoms with E-state index in [0.717, 1.165) is 5.38 Å². The quantitative estimate of drug-likeness (QED) is 0.855. The Labute approximate surface area is 124 Å². The highest BCUT2D eigenvalue weighted by Crippen LogP contribution is 2.32. The topological polar surface area (TPSA) is 55.1 Å². The molecule has 2 heterocycles. The molecule has 2 aromatic rings. The average molecular weight is 369 g/mol. The number of hydrogen-bond acceptors (Lipinski definition) is 4. The Bertz CT molecular complexity index is 663. The monoisotopic (exact) mass is 368 g/mol. The van der Waals surface area contributed by atoms with E-state index in [-0.39, 0.29) is 10.7 Å². The maximum absolute atomic E-state index is 12.4. The number of amides is 1. The van der Waals surface area contributed by atoms with Gasteiger partial charge in [0.1, 0.15) is 11.5 Å². The molecule has 0 aromatic carbocycles. The number of hydrogen-bond donors (Lipinski definition) is 1. The van der Waals surface area contributed by atoms with E-state index in [1.165, 1.54) is 0 Å². The maximum atomic E-state index is 12.4. The largest absolute Gasteiger partial charge is 0.465 e. The summed E-state index contributed by atoms with van der Waals surface area (Å²) in [6, 6.07) is 0. The zero-order valence-corrected chi connectivity index (χ0v) is 12.7. The number of nitrogens with one attached hydrogen (secondary N) is 1. The van der Waals surface area contributed by atoms with Crippen LogP contribution in [0.25, 0.3) is 0 Å². The fraction of sp³-hybridized carbons (Fsp3) is 0.273. The molecule has 108 valence electrons. The Morgan fingerprint density at radius 2 is 2.05 bits per heavy atom. The molecule has 0 spiro atoms. The minimum atomic E-state index is -4.53. The van der Waals surface area contributed by atoms with Crippen LogP contribution in [0.4, 0.5) is 18.3 Å². The van der Waals surface area contributed by atoms with E-state index in [9.17, 15) is 18.0 Å². The van der Waals surface area contributed by atoms with Crippen molar-refractivity contribution < 1.29 is 22.4 Å². The molecule has 2 rings (SSSR count). The Morgan fingerprint density at radius 1 is 1.40 bits per heavy atom. The number of thiazole rings is 1. The molecule has 0 bridgehead atoms. The van der Waals surface area contributed by atoms with Gasteiger partial charge in [0, 0.05) is 5.38 Å². The molecule has 0 fully saturated rings. The van der Waals surface area contributed by atoms with E-state index >= 15 is 0 Å². The number of carbonyl (C=O) groups is 1. The van der Waals surface area contributed by atoms with Gasteiger partial charge in [-0.05, 0) is 29.8 Å². The first-order valence-electron chi connectivity index (χ1n) is 5.29. The van der Waals surface area contributed by atoms with E-state index in [4.69, 9.17) is 4.42 Å². The number of anilines is 1. The lowest BCUT2D eigenvalue weighted by molar-refractivity contribution is -0.140. The fourth-order valence-corrected chi connectivity index (χ4v) is 2.79. The van der Waals surface area contributed by atoms with Crippen LogP contribution in [-0.4, -0.2) is 10.9 Å². The smallest absolute Gasteiger partial charge is 0.434 e. The summed E-state index contributed by atoms with van der Waals surface area (Å²) in [6.07, 6.45) is -4.53. The Hall–Kier alpha value is -1.35. The van der Waals surface area contributed by atoms with Gasteiger partial charge < -0.3 is 4.42 Å². The second-order valence-electron chi connectivity index (χ2n) is 3.89. The highest BCUT2D eigenvalue weighted by Gasteiger charge is 2.34. The number of carbonyl (C=O) groups excluding carboxylic acids is 1. The normalized spacial score (nSPS) is 11.7. The molecule has 1 N–H and O–H groups in total. The first-order chi connectivity index (χ1) is 9.20. The zero-order valence-electron chi connectivity index (χ0n) is 10.3. The van der Waals surface area contributed by atoms with Crippen molar-refractivity contribution in [1.82, 2.24) is 4.98 Å². The molecule has 0 aliphatic rings. The Morgan fingerprint density at radius 3 is 2.50 bits per heavy atom. The predicted molar refractivity (Wildman–Crippen MR) is 71.0 cm³/mol. The Kier molecular flexibility index (Phi) is 3.92. The highest BCUT2D eigenvalue weighted by atomic mass is 79.9. The third-order valence-corrected chi connectivity index (χ3v) is 4.14. The van der Waals surface area contributed by atoms with Gasteiger partial charge in [0.25, 0.3) is 5.91 Å². The van der Waals surface area contributed by atoms with E-state index in [0.29, 0.717) is 27.3 Å². The van der Waals surface area contributed by atoms with Crippen LogP contribution < -0.4 is 5.32 Å². The molecule has 0 aliphatic heterocycles. The van der Waals surface area contributed by atoms with Gasteiger partial charge in [0.15, 0.2) is 10.8 Å². The number of furan rings is 1. The van der Waals surface area contributed by atoms with Gasteiger partial charge in [-0.3, -0.25) is 10.1 Å². The first-order valence-corrected chi connectivity index (χ1v) is 6.97. The summed E-state index contributed by atoms with van der Waals surface area (Å²) in [4.78, 5) is 15.3. The van der Waals surface area contributed by atoms with E-state index in [1.807, 2.05) is 0 Å². The molecule has 0 atom stereocenters. The standard InChI is InChI=1S/C11H8BrF3N2O2S/c1-4-7(8(12)5(2)19-4)9(18)17-10-16-6(3-20-10)11(13,14)15/h3H,1-2H3,(H,16,17,18). The molecule has 0 radical (unpaired) electrons. The van der Waals surface area contributed by atoms with Crippen LogP contribution in [0.15, 0.2) is 14.3 Å². The van der Waals surface area contributed by atoms with Crippen molar-refractivity contribution in [1.29, 1.82) is 0 Å². The van der Waals surface area contributed by atoms with Crippen molar-refractivity contribution in [3.05, 3.63) is 32.6 Å². The van der Waals surface area contributed by atoms with Gasteiger partial charge in [-0.15, -0.1) is 11.3 Å². The third kappa shape index (κ3) is 2.88. The lowest BCUT2D eigenvalue weighted by atomic mass is 10.2. The van der Waals surface area contributed by atoms with E-state index in [1.54, 1.807) is 13.8 Å². The Balaban J connectivity index is 2.22. The molecular formula is C11H8BrF3N2O2S. The number of nitrogens with zero attached hydrogens (tertiary/aromatic N) is 1. The molecule has 0 saturated carbocycles. The van der Waals surface area contributed by atoms with Crippen molar-refractivity contribution in [3.63, 3.8) is 0 Å². The molecule has 1 amide bonds. The lowest BCUT2D eigenvalue weighted by Crippen LogP contribution is -2.13. The highest BCUT2D eigenvalue weighted by molar-refractivity contribution is 9.10. The molecule has 9 heteroatoms. The number of halogens is 4. The summed E-state index contributed by atoms with van der Waals surface area (Å²) in [6.45, 7) is 3.26. The fourth-order valence-electron chi connectivity index (χ4n) is 1.54. The van der Waals surface area contributed by atoms with Crippen LogP contribution in [-0.2, 0) is 6.18 Å². The molecule has 20 heavy (non-hydrogen) atoms. The SMILES string of the molecule is Cc1oc(C)c(C(=O)Nc2nc(C(F)(F)F)cs2)c1Br. The minimum absolute atomic E-state index is 0.118. The number of aryl methyl sites for hydroxylation is 2. The van der Waals surface area contributed by atoms with Crippen LogP contribution in [0.2, 0.25) is 0 Å². The van der Waals surface area contributed by atoms with Crippen LogP contribution in [0.3, 0.4) is 0 Å². The lowest BCUT2D eigenvalue weighted by Gasteiger charge is -2.02. The summed E-state index contributed by atoms with van der Waals surface area (Å²) < 4.78 is 42.9. The van der Waals surface area contributed by atoms with Gasteiger partial charge in [-0.2, -0.15) is 13.2 Å². The van der Waals surface area contributed by atoms with E-state index < -0.39 is 17.8 Å². The number of alkyl halides is 3. The molecule has 0 aliphatic carbocycles. The minimum Gasteiger partial charge on any atom is -0.465 e. The van der Waals surface area contributed by atoms with Crippen molar-refractivity contribution in [2.75, 3.05) is 5.32 Å². The number of aromatic nitrogens is 1. The van der Waals surface area contributed by atoms with Crippen molar-refractivity contribution >= 4 is 38.3 Å².